The first-order valence-corrected chi connectivity index (χ1v) is 37.0. The molecule has 0 aliphatic rings. The van der Waals surface area contributed by atoms with Crippen molar-refractivity contribution in [1.29, 1.82) is 0 Å². The number of ether oxygens (including phenoxy) is 1. The normalized spacial score (nSPS) is 12.5. The number of allylic oxidation sites excluding steroid dienone is 1. The van der Waals surface area contributed by atoms with Gasteiger partial charge in [0.05, 0.1) is 25.4 Å². The van der Waals surface area contributed by atoms with Gasteiger partial charge in [0.15, 0.2) is 0 Å². The molecule has 0 aliphatic heterocycles. The fourth-order valence-corrected chi connectivity index (χ4v) is 11.9. The highest BCUT2D eigenvalue weighted by Crippen LogP contribution is 2.20. The highest BCUT2D eigenvalue weighted by Gasteiger charge is 2.18. The molecule has 1 amide bonds. The van der Waals surface area contributed by atoms with Crippen LogP contribution >= 0.6 is 0 Å². The van der Waals surface area contributed by atoms with Crippen LogP contribution in [0.15, 0.2) is 12.2 Å². The van der Waals surface area contributed by atoms with Crippen molar-refractivity contribution in [3.05, 3.63) is 12.2 Å². The molecule has 0 radical (unpaired) electrons. The van der Waals surface area contributed by atoms with Gasteiger partial charge in [0.25, 0.3) is 0 Å². The van der Waals surface area contributed by atoms with Crippen LogP contribution in [0.3, 0.4) is 0 Å². The van der Waals surface area contributed by atoms with Crippen molar-refractivity contribution in [2.24, 2.45) is 0 Å². The smallest absolute Gasteiger partial charge is 0.305 e. The SMILES string of the molecule is CCCCCCCCCCCCCCCC/C=C/C(O)C(CO)NC(=O)CCCCCCCCCCCCCCCCCCCCCCCCCCCCCCCCCCCCCOC(=O)CCCCCCCCCCCCCC. The minimum atomic E-state index is -0.840. The zero-order chi connectivity index (χ0) is 57.8. The number of amides is 1. The Labute approximate surface area is 501 Å². The minimum Gasteiger partial charge on any atom is -0.466 e. The van der Waals surface area contributed by atoms with Crippen LogP contribution in [0.25, 0.3) is 0 Å². The molecule has 6 nitrogen and oxygen atoms in total. The summed E-state index contributed by atoms with van der Waals surface area (Å²) in [5, 5.41) is 23.2. The molecule has 0 heterocycles. The van der Waals surface area contributed by atoms with E-state index >= 15 is 0 Å². The Hall–Kier alpha value is -1.40. The Kier molecular flexibility index (Phi) is 68.9. The zero-order valence-corrected chi connectivity index (χ0v) is 54.6. The molecule has 0 aliphatic carbocycles. The van der Waals surface area contributed by atoms with E-state index in [0.717, 1.165) is 38.5 Å². The molecule has 0 fully saturated rings. The van der Waals surface area contributed by atoms with Gasteiger partial charge in [-0.3, -0.25) is 9.59 Å². The van der Waals surface area contributed by atoms with E-state index in [0.29, 0.717) is 19.4 Å². The lowest BCUT2D eigenvalue weighted by molar-refractivity contribution is -0.143. The average Bonchev–Trinajstić information content (AvgIpc) is 3.46. The van der Waals surface area contributed by atoms with Crippen molar-refractivity contribution in [2.75, 3.05) is 13.2 Å². The molecule has 2 atom stereocenters. The summed E-state index contributed by atoms with van der Waals surface area (Å²) < 4.78 is 5.49. The predicted octanol–water partition coefficient (Wildman–Crippen LogP) is 23.9. The lowest BCUT2D eigenvalue weighted by atomic mass is 10.0. The van der Waals surface area contributed by atoms with Crippen molar-refractivity contribution in [3.8, 4) is 0 Å². The van der Waals surface area contributed by atoms with Crippen LogP contribution in [-0.2, 0) is 14.3 Å². The second kappa shape index (κ2) is 70.1. The number of hydrogen-bond acceptors (Lipinski definition) is 5. The number of rotatable bonds is 70. The third kappa shape index (κ3) is 65.7. The van der Waals surface area contributed by atoms with Gasteiger partial charge in [-0.05, 0) is 32.1 Å². The van der Waals surface area contributed by atoms with Gasteiger partial charge in [-0.1, -0.05) is 392 Å². The highest BCUT2D eigenvalue weighted by atomic mass is 16.5. The maximum absolute atomic E-state index is 12.5. The standard InChI is InChI=1S/C74H145NO5/c1-3-5-7-9-11-13-15-17-18-40-43-46-50-54-58-62-66-72(77)71(70-76)75-73(78)67-63-59-55-51-47-44-41-38-36-34-32-30-28-26-24-22-20-19-21-23-25-27-29-31-33-35-37-39-42-45-49-53-57-61-65-69-80-74(79)68-64-60-56-52-48-16-14-12-10-8-6-4-2/h62,66,71-72,76-77H,3-61,63-65,67-70H2,1-2H3,(H,75,78)/b66-62+. The summed E-state index contributed by atoms with van der Waals surface area (Å²) in [6, 6.07) is -0.623. The maximum atomic E-state index is 12.5. The number of carbonyl (C=O) groups is 2. The first-order valence-electron chi connectivity index (χ1n) is 37.0. The lowest BCUT2D eigenvalue weighted by Gasteiger charge is -2.20. The summed E-state index contributed by atoms with van der Waals surface area (Å²) in [4.78, 5) is 24.5. The topological polar surface area (TPSA) is 95.9 Å². The zero-order valence-electron chi connectivity index (χ0n) is 54.6. The molecule has 0 saturated heterocycles. The summed E-state index contributed by atoms with van der Waals surface area (Å²) in [5.74, 6) is -0.0352. The molecule has 3 N–H and O–H groups in total. The van der Waals surface area contributed by atoms with Crippen LogP contribution in [-0.4, -0.2) is 47.4 Å². The van der Waals surface area contributed by atoms with Crippen molar-refractivity contribution in [3.63, 3.8) is 0 Å². The summed E-state index contributed by atoms with van der Waals surface area (Å²) in [7, 11) is 0. The quantitative estimate of drug-likeness (QED) is 0.0320. The summed E-state index contributed by atoms with van der Waals surface area (Å²) >= 11 is 0. The Morgan fingerprint density at radius 1 is 0.338 bits per heavy atom. The molecular weight excluding hydrogens is 983 g/mol. The van der Waals surface area contributed by atoms with Gasteiger partial charge in [0, 0.05) is 12.8 Å². The number of aliphatic hydroxyl groups excluding tert-OH is 2. The van der Waals surface area contributed by atoms with E-state index < -0.39 is 12.1 Å². The molecule has 0 aromatic heterocycles. The van der Waals surface area contributed by atoms with E-state index in [9.17, 15) is 19.8 Å². The van der Waals surface area contributed by atoms with Gasteiger partial charge in [-0.25, -0.2) is 0 Å². The van der Waals surface area contributed by atoms with Gasteiger partial charge in [0.1, 0.15) is 0 Å². The van der Waals surface area contributed by atoms with Gasteiger partial charge in [-0.15, -0.1) is 0 Å². The summed E-state index contributed by atoms with van der Waals surface area (Å²) in [5.41, 5.74) is 0. The third-order valence-corrected chi connectivity index (χ3v) is 17.6. The van der Waals surface area contributed by atoms with E-state index in [1.165, 1.54) is 360 Å². The molecule has 6 heteroatoms. The van der Waals surface area contributed by atoms with E-state index in [4.69, 9.17) is 4.74 Å². The van der Waals surface area contributed by atoms with E-state index in [-0.39, 0.29) is 18.5 Å². The van der Waals surface area contributed by atoms with Crippen molar-refractivity contribution >= 4 is 11.9 Å². The number of aliphatic hydroxyl groups is 2. The van der Waals surface area contributed by atoms with Crippen molar-refractivity contribution < 1.29 is 24.5 Å². The van der Waals surface area contributed by atoms with Crippen LogP contribution < -0.4 is 5.32 Å². The minimum absolute atomic E-state index is 0.0239. The summed E-state index contributed by atoms with van der Waals surface area (Å²) in [6.07, 6.45) is 87.5. The Morgan fingerprint density at radius 3 is 0.850 bits per heavy atom. The summed E-state index contributed by atoms with van der Waals surface area (Å²) in [6.45, 7) is 4.95. The number of carbonyl (C=O) groups excluding carboxylic acids is 2. The van der Waals surface area contributed by atoms with Crippen LogP contribution in [0.4, 0.5) is 0 Å². The molecule has 0 saturated carbocycles. The number of hydrogen-bond donors (Lipinski definition) is 3. The van der Waals surface area contributed by atoms with Crippen molar-refractivity contribution in [2.45, 2.75) is 437 Å². The molecule has 0 rings (SSSR count). The molecule has 0 spiro atoms. The Bertz CT molecular complexity index is 1210. The van der Waals surface area contributed by atoms with E-state index in [1.54, 1.807) is 6.08 Å². The van der Waals surface area contributed by atoms with Crippen molar-refractivity contribution in [1.82, 2.24) is 5.32 Å². The van der Waals surface area contributed by atoms with Crippen LogP contribution in [0, 0.1) is 0 Å². The molecule has 0 aromatic carbocycles. The molecule has 2 unspecified atom stereocenters. The monoisotopic (exact) mass is 1130 g/mol. The molecular formula is C74H145NO5. The Morgan fingerprint density at radius 2 is 0.575 bits per heavy atom. The van der Waals surface area contributed by atoms with Gasteiger partial charge in [-0.2, -0.15) is 0 Å². The molecule has 0 bridgehead atoms. The first-order chi connectivity index (χ1) is 39.5. The average molecular weight is 1130 g/mol. The number of unbranched alkanes of at least 4 members (excludes halogenated alkanes) is 59. The van der Waals surface area contributed by atoms with Gasteiger partial charge in [0.2, 0.25) is 5.91 Å². The first kappa shape index (κ1) is 78.6. The largest absolute Gasteiger partial charge is 0.466 e. The fourth-order valence-electron chi connectivity index (χ4n) is 11.9. The van der Waals surface area contributed by atoms with Crippen LogP contribution in [0.5, 0.6) is 0 Å². The third-order valence-electron chi connectivity index (χ3n) is 17.6. The highest BCUT2D eigenvalue weighted by molar-refractivity contribution is 5.76. The van der Waals surface area contributed by atoms with Crippen LogP contribution in [0.2, 0.25) is 0 Å². The van der Waals surface area contributed by atoms with E-state index in [1.807, 2.05) is 6.08 Å². The maximum Gasteiger partial charge on any atom is 0.305 e. The second-order valence-corrected chi connectivity index (χ2v) is 25.6. The van der Waals surface area contributed by atoms with E-state index in [2.05, 4.69) is 19.2 Å². The van der Waals surface area contributed by atoms with Gasteiger partial charge >= 0.3 is 5.97 Å². The lowest BCUT2D eigenvalue weighted by Crippen LogP contribution is -2.45. The molecule has 0 aromatic rings. The molecule has 476 valence electrons. The van der Waals surface area contributed by atoms with Crippen LogP contribution in [0.1, 0.15) is 425 Å². The second-order valence-electron chi connectivity index (χ2n) is 25.6. The Balaban J connectivity index is 3.31. The number of esters is 1. The predicted molar refractivity (Wildman–Crippen MR) is 352 cm³/mol. The number of nitrogens with one attached hydrogen (secondary N) is 1. The molecule has 80 heavy (non-hydrogen) atoms. The van der Waals surface area contributed by atoms with Gasteiger partial charge < -0.3 is 20.3 Å². The fraction of sp³-hybridized carbons (Fsp3) is 0.946.